The second-order valence-corrected chi connectivity index (χ2v) is 10.1. The van der Waals surface area contributed by atoms with Gasteiger partial charge in [0.15, 0.2) is 0 Å². The van der Waals surface area contributed by atoms with Crippen molar-refractivity contribution in [3.05, 3.63) is 64.7 Å². The number of halogens is 1. The number of amides is 3. The number of likely N-dealkylation sites (tertiary alicyclic amines) is 1. The molecule has 3 aliphatic heterocycles. The number of nitrogens with zero attached hydrogens (tertiary/aromatic N) is 1. The molecule has 2 saturated heterocycles. The van der Waals surface area contributed by atoms with Crippen molar-refractivity contribution in [1.82, 2.24) is 10.2 Å². The Bertz CT molecular complexity index is 1140. The molecule has 7 nitrogen and oxygen atoms in total. The highest BCUT2D eigenvalue weighted by atomic mass is 35.5. The summed E-state index contributed by atoms with van der Waals surface area (Å²) in [6.45, 7) is 5.37. The number of anilines is 1. The van der Waals surface area contributed by atoms with Crippen LogP contribution in [0.3, 0.4) is 0 Å². The van der Waals surface area contributed by atoms with E-state index in [0.29, 0.717) is 21.8 Å². The predicted octanol–water partition coefficient (Wildman–Crippen LogP) is 2.59. The molecule has 2 fully saturated rings. The van der Waals surface area contributed by atoms with Gasteiger partial charge in [0, 0.05) is 21.8 Å². The van der Waals surface area contributed by atoms with Crippen LogP contribution in [-0.4, -0.2) is 39.3 Å². The van der Waals surface area contributed by atoms with Crippen molar-refractivity contribution in [2.24, 2.45) is 11.8 Å². The van der Waals surface area contributed by atoms with Gasteiger partial charge in [-0.15, -0.1) is 0 Å². The molecule has 8 heteroatoms. The van der Waals surface area contributed by atoms with Gasteiger partial charge in [0.1, 0.15) is 5.54 Å². The first-order chi connectivity index (χ1) is 15.1. The molecule has 0 bridgehead atoms. The first-order valence-corrected chi connectivity index (χ1v) is 11.0. The standard InChI is InChI=1S/C24H24ClN3O4/c1-23(2,3)28-20(30)16-17(21(28)31)24(14-6-4-5-7-15(14)26-22(24)32)27-18(16)19(29)12-8-10-13(25)11-9-12/h4-11,16-19,27,29H,1-3H3,(H,26,32). The lowest BCUT2D eigenvalue weighted by atomic mass is 9.76. The number of nitrogens with one attached hydrogen (secondary N) is 2. The number of imide groups is 1. The van der Waals surface area contributed by atoms with Gasteiger partial charge in [0.25, 0.3) is 0 Å². The Morgan fingerprint density at radius 3 is 2.34 bits per heavy atom. The molecule has 2 aromatic carbocycles. The van der Waals surface area contributed by atoms with E-state index >= 15 is 0 Å². The summed E-state index contributed by atoms with van der Waals surface area (Å²) < 4.78 is 0. The number of aliphatic hydroxyl groups excluding tert-OH is 1. The molecule has 5 unspecified atom stereocenters. The van der Waals surface area contributed by atoms with Crippen molar-refractivity contribution < 1.29 is 19.5 Å². The SMILES string of the molecule is CC(C)(C)N1C(=O)C2C(C(O)c3ccc(Cl)cc3)NC3(C(=O)Nc4ccccc43)C2C1=O. The predicted molar refractivity (Wildman–Crippen MR) is 119 cm³/mol. The van der Waals surface area contributed by atoms with Gasteiger partial charge in [0.05, 0.1) is 24.0 Å². The van der Waals surface area contributed by atoms with Crippen LogP contribution in [0.4, 0.5) is 5.69 Å². The average molecular weight is 454 g/mol. The third kappa shape index (κ3) is 2.71. The highest BCUT2D eigenvalue weighted by Crippen LogP contribution is 2.55. The molecule has 1 spiro atoms. The van der Waals surface area contributed by atoms with Gasteiger partial charge < -0.3 is 10.4 Å². The normalized spacial score (nSPS) is 30.0. The number of para-hydroxylation sites is 1. The second kappa shape index (κ2) is 6.88. The Balaban J connectivity index is 1.68. The molecule has 0 aliphatic carbocycles. The molecule has 0 radical (unpaired) electrons. The summed E-state index contributed by atoms with van der Waals surface area (Å²) in [6.07, 6.45) is -1.13. The van der Waals surface area contributed by atoms with Crippen LogP contribution in [0.15, 0.2) is 48.5 Å². The number of aliphatic hydroxyl groups is 1. The maximum Gasteiger partial charge on any atom is 0.250 e. The number of rotatable bonds is 2. The highest BCUT2D eigenvalue weighted by Gasteiger charge is 2.72. The Morgan fingerprint density at radius 2 is 1.69 bits per heavy atom. The second-order valence-electron chi connectivity index (χ2n) is 9.66. The minimum Gasteiger partial charge on any atom is -0.387 e. The van der Waals surface area contributed by atoms with Gasteiger partial charge in [-0.05, 0) is 44.5 Å². The lowest BCUT2D eigenvalue weighted by molar-refractivity contribution is -0.148. The van der Waals surface area contributed by atoms with E-state index in [1.807, 2.05) is 0 Å². The zero-order valence-corrected chi connectivity index (χ0v) is 18.7. The molecule has 0 aromatic heterocycles. The Hall–Kier alpha value is -2.74. The van der Waals surface area contributed by atoms with Gasteiger partial charge in [-0.2, -0.15) is 0 Å². The lowest BCUT2D eigenvalue weighted by Gasteiger charge is -2.35. The fourth-order valence-corrected chi connectivity index (χ4v) is 5.61. The Labute approximate surface area is 190 Å². The zero-order chi connectivity index (χ0) is 23.0. The van der Waals surface area contributed by atoms with Crippen LogP contribution in [0.1, 0.15) is 38.0 Å². The van der Waals surface area contributed by atoms with Crippen molar-refractivity contribution in [1.29, 1.82) is 0 Å². The average Bonchev–Trinajstić information content (AvgIpc) is 3.32. The van der Waals surface area contributed by atoms with E-state index in [0.717, 1.165) is 0 Å². The number of carbonyl (C=O) groups is 3. The van der Waals surface area contributed by atoms with Crippen LogP contribution in [0.25, 0.3) is 0 Å². The molecule has 2 aromatic rings. The van der Waals surface area contributed by atoms with E-state index in [1.54, 1.807) is 69.3 Å². The van der Waals surface area contributed by atoms with Crippen LogP contribution in [0, 0.1) is 11.8 Å². The number of benzene rings is 2. The monoisotopic (exact) mass is 453 g/mol. The summed E-state index contributed by atoms with van der Waals surface area (Å²) >= 11 is 5.99. The molecule has 32 heavy (non-hydrogen) atoms. The molecular weight excluding hydrogens is 430 g/mol. The molecular formula is C24H24ClN3O4. The smallest absolute Gasteiger partial charge is 0.250 e. The summed E-state index contributed by atoms with van der Waals surface area (Å²) in [6, 6.07) is 13.0. The lowest BCUT2D eigenvalue weighted by Crippen LogP contribution is -2.56. The van der Waals surface area contributed by atoms with Crippen molar-refractivity contribution in [2.75, 3.05) is 5.32 Å². The third-order valence-electron chi connectivity index (χ3n) is 6.78. The van der Waals surface area contributed by atoms with Gasteiger partial charge in [-0.1, -0.05) is 41.9 Å². The number of fused-ring (bicyclic) bond motifs is 4. The van der Waals surface area contributed by atoms with E-state index in [9.17, 15) is 19.5 Å². The largest absolute Gasteiger partial charge is 0.387 e. The number of hydrogen-bond acceptors (Lipinski definition) is 5. The Kier molecular flexibility index (Phi) is 4.54. The first kappa shape index (κ1) is 21.1. The van der Waals surface area contributed by atoms with Crippen LogP contribution in [0.2, 0.25) is 5.02 Å². The van der Waals surface area contributed by atoms with Gasteiger partial charge in [-0.3, -0.25) is 24.6 Å². The summed E-state index contributed by atoms with van der Waals surface area (Å²) in [4.78, 5) is 42.0. The van der Waals surface area contributed by atoms with Crippen LogP contribution < -0.4 is 10.6 Å². The zero-order valence-electron chi connectivity index (χ0n) is 17.9. The van der Waals surface area contributed by atoms with Gasteiger partial charge in [-0.25, -0.2) is 0 Å². The number of carbonyl (C=O) groups excluding carboxylic acids is 3. The molecule has 3 N–H and O–H groups in total. The van der Waals surface area contributed by atoms with E-state index < -0.39 is 46.9 Å². The summed E-state index contributed by atoms with van der Waals surface area (Å²) in [7, 11) is 0. The van der Waals surface area contributed by atoms with Gasteiger partial charge >= 0.3 is 0 Å². The molecule has 3 heterocycles. The molecule has 3 aliphatic rings. The van der Waals surface area contributed by atoms with Crippen molar-refractivity contribution in [2.45, 2.75) is 44.0 Å². The molecule has 5 atom stereocenters. The molecule has 3 amide bonds. The topological polar surface area (TPSA) is 98.7 Å². The first-order valence-electron chi connectivity index (χ1n) is 10.6. The van der Waals surface area contributed by atoms with E-state index in [4.69, 9.17) is 11.6 Å². The van der Waals surface area contributed by atoms with E-state index in [2.05, 4.69) is 10.6 Å². The minimum absolute atomic E-state index is 0.382. The van der Waals surface area contributed by atoms with Crippen LogP contribution in [-0.2, 0) is 19.9 Å². The van der Waals surface area contributed by atoms with Crippen molar-refractivity contribution in [3.8, 4) is 0 Å². The molecule has 166 valence electrons. The maximum absolute atomic E-state index is 13.7. The minimum atomic E-state index is -1.44. The fourth-order valence-electron chi connectivity index (χ4n) is 5.49. The fraction of sp³-hybridized carbons (Fsp3) is 0.375. The molecule has 5 rings (SSSR count). The quantitative estimate of drug-likeness (QED) is 0.607. The summed E-state index contributed by atoms with van der Waals surface area (Å²) in [5.74, 6) is -3.05. The highest BCUT2D eigenvalue weighted by molar-refractivity contribution is 6.30. The molecule has 0 saturated carbocycles. The number of hydrogen-bond donors (Lipinski definition) is 3. The van der Waals surface area contributed by atoms with Gasteiger partial charge in [0.2, 0.25) is 17.7 Å². The summed E-state index contributed by atoms with van der Waals surface area (Å²) in [5.41, 5.74) is -0.442. The van der Waals surface area contributed by atoms with E-state index in [1.165, 1.54) is 4.90 Å². The third-order valence-corrected chi connectivity index (χ3v) is 7.03. The van der Waals surface area contributed by atoms with Crippen LogP contribution >= 0.6 is 11.6 Å². The van der Waals surface area contributed by atoms with Crippen LogP contribution in [0.5, 0.6) is 0 Å². The summed E-state index contributed by atoms with van der Waals surface area (Å²) in [5, 5.41) is 17.9. The van der Waals surface area contributed by atoms with E-state index in [-0.39, 0.29) is 5.91 Å². The maximum atomic E-state index is 13.7. The van der Waals surface area contributed by atoms with Crippen molar-refractivity contribution in [3.63, 3.8) is 0 Å². The Morgan fingerprint density at radius 1 is 1.03 bits per heavy atom. The van der Waals surface area contributed by atoms with Crippen molar-refractivity contribution >= 4 is 35.0 Å².